The van der Waals surface area contributed by atoms with Gasteiger partial charge in [-0.15, -0.1) is 0 Å². The van der Waals surface area contributed by atoms with Crippen molar-refractivity contribution in [3.8, 4) is 11.5 Å². The summed E-state index contributed by atoms with van der Waals surface area (Å²) in [5.74, 6) is 1.71. The number of fused-ring (bicyclic) bond motifs is 1. The summed E-state index contributed by atoms with van der Waals surface area (Å²) < 4.78 is 10.7. The first-order chi connectivity index (χ1) is 9.65. The minimum absolute atomic E-state index is 0.194. The van der Waals surface area contributed by atoms with Crippen LogP contribution in [0.15, 0.2) is 18.2 Å². The fourth-order valence-corrected chi connectivity index (χ4v) is 2.33. The predicted molar refractivity (Wildman–Crippen MR) is 79.3 cm³/mol. The Morgan fingerprint density at radius 2 is 2.00 bits per heavy atom. The fraction of sp³-hybridized carbons (Fsp3) is 0.625. The van der Waals surface area contributed by atoms with Crippen LogP contribution in [0.5, 0.6) is 11.5 Å². The van der Waals surface area contributed by atoms with Crippen molar-refractivity contribution in [3.63, 3.8) is 0 Å². The number of aliphatic hydroxyl groups is 1. The van der Waals surface area contributed by atoms with E-state index in [-0.39, 0.29) is 6.10 Å². The van der Waals surface area contributed by atoms with Gasteiger partial charge in [0.25, 0.3) is 0 Å². The van der Waals surface area contributed by atoms with Gasteiger partial charge in [0.2, 0.25) is 6.79 Å². The number of hydrogen-bond acceptors (Lipinski definition) is 4. The third-order valence-corrected chi connectivity index (χ3v) is 3.59. The van der Waals surface area contributed by atoms with Gasteiger partial charge < -0.3 is 19.9 Å². The summed E-state index contributed by atoms with van der Waals surface area (Å²) in [5, 5.41) is 12.7. The molecule has 0 amide bonds. The molecule has 1 heterocycles. The lowest BCUT2D eigenvalue weighted by Gasteiger charge is -2.14. The zero-order valence-electron chi connectivity index (χ0n) is 12.4. The molecule has 1 aliphatic rings. The Hall–Kier alpha value is -1.26. The summed E-state index contributed by atoms with van der Waals surface area (Å²) in [5.41, 5.74) is 1.28. The van der Waals surface area contributed by atoms with Crippen LogP contribution in [0.3, 0.4) is 0 Å². The van der Waals surface area contributed by atoms with Crippen LogP contribution in [-0.4, -0.2) is 30.6 Å². The van der Waals surface area contributed by atoms with E-state index in [1.807, 2.05) is 13.0 Å². The van der Waals surface area contributed by atoms with Gasteiger partial charge in [-0.25, -0.2) is 0 Å². The number of benzene rings is 1. The second kappa shape index (κ2) is 7.50. The highest BCUT2D eigenvalue weighted by atomic mass is 16.7. The Morgan fingerprint density at radius 1 is 1.20 bits per heavy atom. The van der Waals surface area contributed by atoms with Crippen molar-refractivity contribution in [2.24, 2.45) is 0 Å². The van der Waals surface area contributed by atoms with Gasteiger partial charge in [-0.2, -0.15) is 0 Å². The standard InChI is InChI=1S/C16H25NO3/c1-12(17-9-3-4-13(2)18)5-6-14-7-8-15-16(10-14)20-11-19-15/h7-8,10,12-13,17-18H,3-6,9,11H2,1-2H3. The number of aryl methyl sites for hydroxylation is 1. The van der Waals surface area contributed by atoms with E-state index in [0.717, 1.165) is 43.7 Å². The molecule has 20 heavy (non-hydrogen) atoms. The molecule has 0 radical (unpaired) electrons. The van der Waals surface area contributed by atoms with E-state index in [0.29, 0.717) is 12.8 Å². The highest BCUT2D eigenvalue weighted by Gasteiger charge is 2.13. The van der Waals surface area contributed by atoms with E-state index < -0.39 is 0 Å². The Labute approximate surface area is 121 Å². The lowest BCUT2D eigenvalue weighted by Crippen LogP contribution is -2.27. The zero-order valence-corrected chi connectivity index (χ0v) is 12.4. The Bertz CT molecular complexity index is 420. The molecule has 4 heteroatoms. The van der Waals surface area contributed by atoms with E-state index in [4.69, 9.17) is 9.47 Å². The topological polar surface area (TPSA) is 50.7 Å². The smallest absolute Gasteiger partial charge is 0.231 e. The number of ether oxygens (including phenoxy) is 2. The minimum atomic E-state index is -0.194. The molecule has 2 unspecified atom stereocenters. The maximum absolute atomic E-state index is 9.20. The second-order valence-corrected chi connectivity index (χ2v) is 5.57. The summed E-state index contributed by atoms with van der Waals surface area (Å²) in [6.07, 6.45) is 3.81. The lowest BCUT2D eigenvalue weighted by molar-refractivity contribution is 0.174. The van der Waals surface area contributed by atoms with Crippen molar-refractivity contribution >= 4 is 0 Å². The van der Waals surface area contributed by atoms with E-state index in [2.05, 4.69) is 24.4 Å². The van der Waals surface area contributed by atoms with E-state index in [1.54, 1.807) is 0 Å². The van der Waals surface area contributed by atoms with Crippen LogP contribution in [-0.2, 0) is 6.42 Å². The van der Waals surface area contributed by atoms with Gasteiger partial charge in [0.1, 0.15) is 0 Å². The maximum atomic E-state index is 9.20. The Morgan fingerprint density at radius 3 is 2.80 bits per heavy atom. The van der Waals surface area contributed by atoms with Crippen molar-refractivity contribution in [3.05, 3.63) is 23.8 Å². The monoisotopic (exact) mass is 279 g/mol. The average Bonchev–Trinajstić information content (AvgIpc) is 2.88. The number of rotatable bonds is 8. The first kappa shape index (κ1) is 15.1. The molecular weight excluding hydrogens is 254 g/mol. The second-order valence-electron chi connectivity index (χ2n) is 5.57. The van der Waals surface area contributed by atoms with Gasteiger partial charge in [-0.3, -0.25) is 0 Å². The molecular formula is C16H25NO3. The molecule has 0 fully saturated rings. The SMILES string of the molecule is CC(O)CCCNC(C)CCc1ccc2c(c1)OCO2. The highest BCUT2D eigenvalue weighted by molar-refractivity contribution is 5.44. The molecule has 112 valence electrons. The van der Waals surface area contributed by atoms with E-state index >= 15 is 0 Å². The summed E-state index contributed by atoms with van der Waals surface area (Å²) in [6, 6.07) is 6.64. The van der Waals surface area contributed by atoms with Gasteiger partial charge in [0, 0.05) is 6.04 Å². The number of nitrogens with one attached hydrogen (secondary N) is 1. The normalized spacial score (nSPS) is 16.1. The van der Waals surface area contributed by atoms with Crippen molar-refractivity contribution in [2.45, 2.75) is 51.7 Å². The largest absolute Gasteiger partial charge is 0.454 e. The summed E-state index contributed by atoms with van der Waals surface area (Å²) in [6.45, 7) is 5.34. The van der Waals surface area contributed by atoms with Crippen LogP contribution in [0.1, 0.15) is 38.7 Å². The number of hydrogen-bond donors (Lipinski definition) is 2. The van der Waals surface area contributed by atoms with Gasteiger partial charge >= 0.3 is 0 Å². The zero-order chi connectivity index (χ0) is 14.4. The summed E-state index contributed by atoms with van der Waals surface area (Å²) >= 11 is 0. The van der Waals surface area contributed by atoms with Crippen LogP contribution in [0.4, 0.5) is 0 Å². The minimum Gasteiger partial charge on any atom is -0.454 e. The third kappa shape index (κ3) is 4.69. The molecule has 2 atom stereocenters. The van der Waals surface area contributed by atoms with Crippen LogP contribution in [0.2, 0.25) is 0 Å². The fourth-order valence-electron chi connectivity index (χ4n) is 2.33. The van der Waals surface area contributed by atoms with Crippen molar-refractivity contribution in [1.29, 1.82) is 0 Å². The first-order valence-electron chi connectivity index (χ1n) is 7.45. The van der Waals surface area contributed by atoms with E-state index in [1.165, 1.54) is 5.56 Å². The van der Waals surface area contributed by atoms with Gasteiger partial charge in [0.15, 0.2) is 11.5 Å². The van der Waals surface area contributed by atoms with Crippen LogP contribution < -0.4 is 14.8 Å². The molecule has 0 aliphatic carbocycles. The summed E-state index contributed by atoms with van der Waals surface area (Å²) in [7, 11) is 0. The molecule has 1 aromatic rings. The third-order valence-electron chi connectivity index (χ3n) is 3.59. The molecule has 2 N–H and O–H groups in total. The molecule has 1 aliphatic heterocycles. The molecule has 0 bridgehead atoms. The lowest BCUT2D eigenvalue weighted by atomic mass is 10.1. The van der Waals surface area contributed by atoms with Gasteiger partial charge in [0.05, 0.1) is 6.10 Å². The van der Waals surface area contributed by atoms with Crippen LogP contribution in [0.25, 0.3) is 0 Å². The van der Waals surface area contributed by atoms with E-state index in [9.17, 15) is 5.11 Å². The van der Waals surface area contributed by atoms with Crippen LogP contribution >= 0.6 is 0 Å². The Balaban J connectivity index is 1.67. The molecule has 0 saturated carbocycles. The maximum Gasteiger partial charge on any atom is 0.231 e. The Kier molecular flexibility index (Phi) is 5.68. The highest BCUT2D eigenvalue weighted by Crippen LogP contribution is 2.32. The van der Waals surface area contributed by atoms with Gasteiger partial charge in [-0.1, -0.05) is 6.07 Å². The quantitative estimate of drug-likeness (QED) is 0.718. The van der Waals surface area contributed by atoms with Crippen molar-refractivity contribution in [1.82, 2.24) is 5.32 Å². The molecule has 0 spiro atoms. The predicted octanol–water partition coefficient (Wildman–Crippen LogP) is 2.49. The van der Waals surface area contributed by atoms with Crippen LogP contribution in [0, 0.1) is 0 Å². The van der Waals surface area contributed by atoms with Gasteiger partial charge in [-0.05, 0) is 63.8 Å². The molecule has 0 aromatic heterocycles. The molecule has 2 rings (SSSR count). The molecule has 0 saturated heterocycles. The van der Waals surface area contributed by atoms with Crippen molar-refractivity contribution in [2.75, 3.05) is 13.3 Å². The first-order valence-corrected chi connectivity index (χ1v) is 7.45. The number of aliphatic hydroxyl groups excluding tert-OH is 1. The molecule has 1 aromatic carbocycles. The summed E-state index contributed by atoms with van der Waals surface area (Å²) in [4.78, 5) is 0. The average molecular weight is 279 g/mol. The van der Waals surface area contributed by atoms with Crippen molar-refractivity contribution < 1.29 is 14.6 Å². The molecule has 4 nitrogen and oxygen atoms in total.